The number of aromatic nitrogens is 2. The molecule has 0 aliphatic heterocycles. The summed E-state index contributed by atoms with van der Waals surface area (Å²) < 4.78 is 20.0. The molecule has 0 aromatic carbocycles. The largest absolute Gasteiger partial charge is 0.462 e. The summed E-state index contributed by atoms with van der Waals surface area (Å²) in [6, 6.07) is 0.920. The summed E-state index contributed by atoms with van der Waals surface area (Å²) in [5.41, 5.74) is -1.09. The molecule has 0 spiro atoms. The van der Waals surface area contributed by atoms with E-state index >= 15 is 0 Å². The number of pyridine rings is 2. The van der Waals surface area contributed by atoms with Gasteiger partial charge in [-0.2, -0.15) is 0 Å². The fourth-order valence-corrected chi connectivity index (χ4v) is 1.98. The van der Waals surface area contributed by atoms with E-state index in [0.29, 0.717) is 6.54 Å². The number of carbonyl (C=O) groups excluding carboxylic acids is 2. The quantitative estimate of drug-likeness (QED) is 0.631. The maximum Gasteiger partial charge on any atom is 0.343 e. The molecule has 0 aliphatic rings. The van der Waals surface area contributed by atoms with Gasteiger partial charge < -0.3 is 9.30 Å². The normalized spacial score (nSPS) is 10.6. The Morgan fingerprint density at radius 1 is 1.48 bits per heavy atom. The number of hydrogen-bond acceptors (Lipinski definition) is 5. The molecule has 2 aromatic rings. The van der Waals surface area contributed by atoms with Crippen molar-refractivity contribution in [2.75, 3.05) is 6.61 Å². The van der Waals surface area contributed by atoms with Gasteiger partial charge in [-0.05, 0) is 19.9 Å². The van der Waals surface area contributed by atoms with Gasteiger partial charge in [0, 0.05) is 12.7 Å². The molecule has 7 heteroatoms. The molecule has 2 aromatic heterocycles. The highest BCUT2D eigenvalue weighted by Gasteiger charge is 2.18. The molecule has 0 unspecified atom stereocenters. The minimum Gasteiger partial charge on any atom is -0.462 e. The number of fused-ring (bicyclic) bond motifs is 1. The Balaban J connectivity index is 2.83. The van der Waals surface area contributed by atoms with E-state index < -0.39 is 17.2 Å². The average Bonchev–Trinajstić information content (AvgIpc) is 2.47. The van der Waals surface area contributed by atoms with Gasteiger partial charge >= 0.3 is 5.97 Å². The Bertz CT molecular complexity index is 783. The highest BCUT2D eigenvalue weighted by molar-refractivity contribution is 5.93. The molecular formula is C14H13FN2O4. The van der Waals surface area contributed by atoms with E-state index in [2.05, 4.69) is 4.98 Å². The van der Waals surface area contributed by atoms with Crippen LogP contribution in [0.2, 0.25) is 0 Å². The fraction of sp³-hybridized carbons (Fsp3) is 0.286. The lowest BCUT2D eigenvalue weighted by Crippen LogP contribution is -2.22. The molecule has 0 N–H and O–H groups in total. The van der Waals surface area contributed by atoms with E-state index in [9.17, 15) is 18.8 Å². The summed E-state index contributed by atoms with van der Waals surface area (Å²) in [6.45, 7) is 3.90. The van der Waals surface area contributed by atoms with E-state index in [0.717, 1.165) is 6.07 Å². The van der Waals surface area contributed by atoms with E-state index in [4.69, 9.17) is 4.74 Å². The maximum absolute atomic E-state index is 13.7. The number of esters is 1. The number of halogens is 1. The zero-order chi connectivity index (χ0) is 15.6. The Morgan fingerprint density at radius 3 is 2.76 bits per heavy atom. The van der Waals surface area contributed by atoms with Crippen molar-refractivity contribution in [3.63, 3.8) is 0 Å². The Kier molecular flexibility index (Phi) is 4.11. The van der Waals surface area contributed by atoms with Crippen molar-refractivity contribution in [1.82, 2.24) is 9.55 Å². The highest BCUT2D eigenvalue weighted by Crippen LogP contribution is 2.14. The van der Waals surface area contributed by atoms with Gasteiger partial charge in [-0.3, -0.25) is 9.59 Å². The van der Waals surface area contributed by atoms with Gasteiger partial charge in [0.1, 0.15) is 16.9 Å². The molecule has 0 fully saturated rings. The van der Waals surface area contributed by atoms with E-state index in [1.165, 1.54) is 10.8 Å². The lowest BCUT2D eigenvalue weighted by atomic mass is 10.1. The van der Waals surface area contributed by atoms with Crippen LogP contribution in [0.25, 0.3) is 11.0 Å². The van der Waals surface area contributed by atoms with Gasteiger partial charge in [0.25, 0.3) is 0 Å². The van der Waals surface area contributed by atoms with Crippen molar-refractivity contribution in [3.05, 3.63) is 39.6 Å². The SMILES string of the molecule is CCOC(=O)c1cn(CC)c2nc(C=O)c(F)cc2c1=O. The van der Waals surface area contributed by atoms with Crippen LogP contribution >= 0.6 is 0 Å². The topological polar surface area (TPSA) is 78.3 Å². The summed E-state index contributed by atoms with van der Waals surface area (Å²) in [7, 11) is 0. The van der Waals surface area contributed by atoms with Crippen LogP contribution in [-0.4, -0.2) is 28.4 Å². The van der Waals surface area contributed by atoms with Crippen LogP contribution in [0.1, 0.15) is 34.7 Å². The molecule has 0 saturated heterocycles. The van der Waals surface area contributed by atoms with Crippen molar-refractivity contribution < 1.29 is 18.7 Å². The number of aldehydes is 1. The van der Waals surface area contributed by atoms with Gasteiger partial charge in [-0.15, -0.1) is 0 Å². The van der Waals surface area contributed by atoms with E-state index in [-0.39, 0.29) is 35.2 Å². The first-order valence-electron chi connectivity index (χ1n) is 6.39. The monoisotopic (exact) mass is 292 g/mol. The lowest BCUT2D eigenvalue weighted by Gasteiger charge is -2.11. The second kappa shape index (κ2) is 5.82. The minimum absolute atomic E-state index is 0.0643. The smallest absolute Gasteiger partial charge is 0.343 e. The van der Waals surface area contributed by atoms with Gasteiger partial charge in [0.2, 0.25) is 5.43 Å². The number of ether oxygens (including phenoxy) is 1. The van der Waals surface area contributed by atoms with Crippen molar-refractivity contribution in [1.29, 1.82) is 0 Å². The van der Waals surface area contributed by atoms with Crippen LogP contribution in [0.15, 0.2) is 17.1 Å². The average molecular weight is 292 g/mol. The number of hydrogen-bond donors (Lipinski definition) is 0. The molecule has 110 valence electrons. The lowest BCUT2D eigenvalue weighted by molar-refractivity contribution is 0.0524. The summed E-state index contributed by atoms with van der Waals surface area (Å²) in [5, 5.41) is -0.0643. The molecule has 6 nitrogen and oxygen atoms in total. The summed E-state index contributed by atoms with van der Waals surface area (Å²) >= 11 is 0. The maximum atomic E-state index is 13.7. The molecule has 0 radical (unpaired) electrons. The fourth-order valence-electron chi connectivity index (χ4n) is 1.98. The first kappa shape index (κ1) is 14.8. The van der Waals surface area contributed by atoms with Crippen LogP contribution in [-0.2, 0) is 11.3 Å². The van der Waals surface area contributed by atoms with Gasteiger partial charge in [0.05, 0.1) is 12.0 Å². The third-order valence-electron chi connectivity index (χ3n) is 2.98. The van der Waals surface area contributed by atoms with E-state index in [1.807, 2.05) is 0 Å². The van der Waals surface area contributed by atoms with Crippen molar-refractivity contribution >= 4 is 23.3 Å². The van der Waals surface area contributed by atoms with Crippen molar-refractivity contribution in [2.24, 2.45) is 0 Å². The van der Waals surface area contributed by atoms with Crippen LogP contribution in [0.4, 0.5) is 4.39 Å². The highest BCUT2D eigenvalue weighted by atomic mass is 19.1. The molecular weight excluding hydrogens is 279 g/mol. The Morgan fingerprint density at radius 2 is 2.19 bits per heavy atom. The third kappa shape index (κ3) is 2.54. The van der Waals surface area contributed by atoms with Crippen LogP contribution in [0.5, 0.6) is 0 Å². The number of carbonyl (C=O) groups is 2. The molecule has 0 saturated carbocycles. The predicted molar refractivity (Wildman–Crippen MR) is 73.0 cm³/mol. The van der Waals surface area contributed by atoms with Gasteiger partial charge in [0.15, 0.2) is 12.1 Å². The third-order valence-corrected chi connectivity index (χ3v) is 2.98. The molecule has 21 heavy (non-hydrogen) atoms. The van der Waals surface area contributed by atoms with E-state index in [1.54, 1.807) is 13.8 Å². The van der Waals surface area contributed by atoms with Gasteiger partial charge in [-0.1, -0.05) is 0 Å². The molecule has 0 atom stereocenters. The molecule has 0 amide bonds. The second-order valence-electron chi connectivity index (χ2n) is 4.22. The Labute approximate surface area is 119 Å². The molecule has 2 rings (SSSR count). The predicted octanol–water partition coefficient (Wildman–Crippen LogP) is 1.54. The summed E-state index contributed by atoms with van der Waals surface area (Å²) in [5.74, 6) is -1.68. The van der Waals surface area contributed by atoms with Gasteiger partial charge in [-0.25, -0.2) is 14.2 Å². The molecule has 0 bridgehead atoms. The Hall–Kier alpha value is -2.57. The van der Waals surface area contributed by atoms with Crippen molar-refractivity contribution in [2.45, 2.75) is 20.4 Å². The van der Waals surface area contributed by atoms with Crippen molar-refractivity contribution in [3.8, 4) is 0 Å². The summed E-state index contributed by atoms with van der Waals surface area (Å²) in [4.78, 5) is 38.6. The molecule has 0 aliphatic carbocycles. The second-order valence-corrected chi connectivity index (χ2v) is 4.22. The first-order valence-corrected chi connectivity index (χ1v) is 6.39. The van der Waals surface area contributed by atoms with Crippen LogP contribution in [0.3, 0.4) is 0 Å². The number of rotatable bonds is 4. The minimum atomic E-state index is -0.904. The number of aryl methyl sites for hydroxylation is 1. The molecule has 2 heterocycles. The standard InChI is InChI=1S/C14H13FN2O4/c1-3-17-6-9(14(20)21-4-2)12(19)8-5-10(15)11(7-18)16-13(8)17/h5-7H,3-4H2,1-2H3. The number of nitrogens with zero attached hydrogens (tertiary/aromatic N) is 2. The zero-order valence-corrected chi connectivity index (χ0v) is 11.6. The van der Waals surface area contributed by atoms with Crippen LogP contribution in [0, 0.1) is 5.82 Å². The van der Waals surface area contributed by atoms with Crippen LogP contribution < -0.4 is 5.43 Å². The zero-order valence-electron chi connectivity index (χ0n) is 11.6. The first-order chi connectivity index (χ1) is 10.0. The summed E-state index contributed by atoms with van der Waals surface area (Å²) in [6.07, 6.45) is 1.58.